The molecule has 0 saturated heterocycles. The molecule has 6 heteroatoms. The molecule has 2 aliphatic rings. The number of urea groups is 1. The van der Waals surface area contributed by atoms with Crippen LogP contribution in [0.2, 0.25) is 0 Å². The highest BCUT2D eigenvalue weighted by Crippen LogP contribution is 2.35. The summed E-state index contributed by atoms with van der Waals surface area (Å²) >= 11 is 0. The van der Waals surface area contributed by atoms with Crippen molar-refractivity contribution in [3.63, 3.8) is 0 Å². The smallest absolute Gasteiger partial charge is 0.338 e. The molecule has 6 nitrogen and oxygen atoms in total. The molecular formula is C20H26N2O4. The summed E-state index contributed by atoms with van der Waals surface area (Å²) in [4.78, 5) is 25.0. The van der Waals surface area contributed by atoms with Gasteiger partial charge in [-0.05, 0) is 45.1 Å². The number of allylic oxidation sites excluding steroid dienone is 1. The van der Waals surface area contributed by atoms with Crippen molar-refractivity contribution in [2.45, 2.75) is 52.2 Å². The Kier molecular flexibility index (Phi) is 5.49. The lowest BCUT2D eigenvalue weighted by atomic mass is 9.94. The molecule has 1 aliphatic carbocycles. The molecule has 1 aliphatic heterocycles. The van der Waals surface area contributed by atoms with Gasteiger partial charge in [0.05, 0.1) is 18.2 Å². The second-order valence-corrected chi connectivity index (χ2v) is 6.89. The van der Waals surface area contributed by atoms with Crippen LogP contribution >= 0.6 is 0 Å². The van der Waals surface area contributed by atoms with Crippen molar-refractivity contribution in [2.75, 3.05) is 6.61 Å². The third-order valence-electron chi connectivity index (χ3n) is 5.06. The Hall–Kier alpha value is -2.50. The number of amides is 2. The number of para-hydroxylation sites is 1. The third kappa shape index (κ3) is 3.69. The summed E-state index contributed by atoms with van der Waals surface area (Å²) in [6.07, 6.45) is 2.96. The number of hydrogen-bond acceptors (Lipinski definition) is 4. The minimum absolute atomic E-state index is 0.0665. The highest BCUT2D eigenvalue weighted by molar-refractivity contribution is 5.95. The van der Waals surface area contributed by atoms with E-state index in [2.05, 4.69) is 17.6 Å². The van der Waals surface area contributed by atoms with Gasteiger partial charge in [-0.15, -0.1) is 0 Å². The van der Waals surface area contributed by atoms with E-state index < -0.39 is 6.04 Å². The zero-order valence-corrected chi connectivity index (χ0v) is 15.5. The van der Waals surface area contributed by atoms with Gasteiger partial charge < -0.3 is 20.1 Å². The van der Waals surface area contributed by atoms with Crippen molar-refractivity contribution in [1.29, 1.82) is 0 Å². The van der Waals surface area contributed by atoms with Crippen LogP contribution in [0.15, 0.2) is 35.5 Å². The number of hydrogen-bond donors (Lipinski definition) is 2. The van der Waals surface area contributed by atoms with Gasteiger partial charge in [0, 0.05) is 11.3 Å². The largest absolute Gasteiger partial charge is 0.494 e. The van der Waals surface area contributed by atoms with Crippen molar-refractivity contribution in [3.8, 4) is 5.75 Å². The molecular weight excluding hydrogens is 332 g/mol. The summed E-state index contributed by atoms with van der Waals surface area (Å²) in [7, 11) is 0. The first-order valence-corrected chi connectivity index (χ1v) is 9.22. The van der Waals surface area contributed by atoms with Gasteiger partial charge in [0.15, 0.2) is 0 Å². The van der Waals surface area contributed by atoms with Crippen LogP contribution in [0.4, 0.5) is 4.79 Å². The number of ether oxygens (including phenoxy) is 2. The van der Waals surface area contributed by atoms with Crippen molar-refractivity contribution in [2.24, 2.45) is 5.92 Å². The predicted molar refractivity (Wildman–Crippen MR) is 97.6 cm³/mol. The number of carbonyl (C=O) groups is 2. The standard InChI is InChI=1S/C20H26N2O4/c1-4-25-16-10-6-5-9-14(16)18-17(13(3)21-20(24)22-18)19(23)26-15-11-7-8-12(15)2/h5-6,9-10,12,15,18H,4,7-8,11H2,1-3H3,(H2,21,22,24)/t12-,15+,18+/m0/s1. The molecule has 3 atom stereocenters. The minimum Gasteiger partial charge on any atom is -0.494 e. The van der Waals surface area contributed by atoms with Crippen molar-refractivity contribution >= 4 is 12.0 Å². The summed E-state index contributed by atoms with van der Waals surface area (Å²) in [5, 5.41) is 5.53. The number of esters is 1. The molecule has 2 N–H and O–H groups in total. The normalized spacial score (nSPS) is 25.5. The Labute approximate surface area is 153 Å². The van der Waals surface area contributed by atoms with E-state index in [4.69, 9.17) is 9.47 Å². The summed E-state index contributed by atoms with van der Waals surface area (Å²) < 4.78 is 11.5. The Morgan fingerprint density at radius 3 is 2.73 bits per heavy atom. The molecule has 0 spiro atoms. The summed E-state index contributed by atoms with van der Waals surface area (Å²) in [5.41, 5.74) is 1.69. The highest BCUT2D eigenvalue weighted by Gasteiger charge is 2.36. The summed E-state index contributed by atoms with van der Waals surface area (Å²) in [5.74, 6) is 0.625. The summed E-state index contributed by atoms with van der Waals surface area (Å²) in [6.45, 7) is 6.23. The maximum absolute atomic E-state index is 13.0. The SMILES string of the molecule is CCOc1ccccc1[C@H]1NC(=O)NC(C)=C1C(=O)O[C@@H]1CCC[C@@H]1C. The van der Waals surface area contributed by atoms with Crippen LogP contribution < -0.4 is 15.4 Å². The molecule has 1 heterocycles. The van der Waals surface area contributed by atoms with Gasteiger partial charge in [0.1, 0.15) is 11.9 Å². The van der Waals surface area contributed by atoms with Crippen LogP contribution in [-0.2, 0) is 9.53 Å². The lowest BCUT2D eigenvalue weighted by Gasteiger charge is -2.30. The lowest BCUT2D eigenvalue weighted by Crippen LogP contribution is -2.45. The second-order valence-electron chi connectivity index (χ2n) is 6.89. The van der Waals surface area contributed by atoms with Gasteiger partial charge in [0.2, 0.25) is 0 Å². The Bertz CT molecular complexity index is 728. The molecule has 1 fully saturated rings. The van der Waals surface area contributed by atoms with Crippen molar-refractivity contribution in [3.05, 3.63) is 41.1 Å². The Morgan fingerprint density at radius 1 is 1.27 bits per heavy atom. The van der Waals surface area contributed by atoms with E-state index in [-0.39, 0.29) is 18.1 Å². The molecule has 3 rings (SSSR count). The monoisotopic (exact) mass is 358 g/mol. The average Bonchev–Trinajstić information content (AvgIpc) is 2.99. The van der Waals surface area contributed by atoms with Crippen LogP contribution in [0.25, 0.3) is 0 Å². The molecule has 1 saturated carbocycles. The average molecular weight is 358 g/mol. The van der Waals surface area contributed by atoms with E-state index in [1.807, 2.05) is 31.2 Å². The molecule has 0 radical (unpaired) electrons. The van der Waals surface area contributed by atoms with Gasteiger partial charge in [-0.1, -0.05) is 25.1 Å². The highest BCUT2D eigenvalue weighted by atomic mass is 16.5. The first-order chi connectivity index (χ1) is 12.5. The Balaban J connectivity index is 1.93. The van der Waals surface area contributed by atoms with Crippen LogP contribution in [0.3, 0.4) is 0 Å². The van der Waals surface area contributed by atoms with Crippen molar-refractivity contribution < 1.29 is 19.1 Å². The van der Waals surface area contributed by atoms with Crippen LogP contribution in [0.5, 0.6) is 5.75 Å². The predicted octanol–water partition coefficient (Wildman–Crippen LogP) is 3.45. The Morgan fingerprint density at radius 2 is 2.04 bits per heavy atom. The maximum Gasteiger partial charge on any atom is 0.338 e. The van der Waals surface area contributed by atoms with E-state index >= 15 is 0 Å². The maximum atomic E-state index is 13.0. The minimum atomic E-state index is -0.601. The van der Waals surface area contributed by atoms with E-state index in [0.717, 1.165) is 24.8 Å². The second kappa shape index (κ2) is 7.81. The molecule has 2 amide bonds. The summed E-state index contributed by atoms with van der Waals surface area (Å²) in [6, 6.07) is 6.49. The van der Waals surface area contributed by atoms with Gasteiger partial charge >= 0.3 is 12.0 Å². The van der Waals surface area contributed by atoms with E-state index in [1.54, 1.807) is 6.92 Å². The topological polar surface area (TPSA) is 76.7 Å². The number of benzene rings is 1. The number of carbonyl (C=O) groups excluding carboxylic acids is 2. The quantitative estimate of drug-likeness (QED) is 0.791. The lowest BCUT2D eigenvalue weighted by molar-refractivity contribution is -0.146. The van der Waals surface area contributed by atoms with Crippen LogP contribution in [0.1, 0.15) is 51.6 Å². The van der Waals surface area contributed by atoms with Crippen LogP contribution in [0, 0.1) is 5.92 Å². The van der Waals surface area contributed by atoms with Gasteiger partial charge in [0.25, 0.3) is 0 Å². The number of nitrogens with one attached hydrogen (secondary N) is 2. The molecule has 1 aromatic rings. The van der Waals surface area contributed by atoms with Gasteiger partial charge in [-0.2, -0.15) is 0 Å². The van der Waals surface area contributed by atoms with E-state index in [1.165, 1.54) is 0 Å². The molecule has 0 bridgehead atoms. The first-order valence-electron chi connectivity index (χ1n) is 9.22. The van der Waals surface area contributed by atoms with E-state index in [9.17, 15) is 9.59 Å². The fourth-order valence-electron chi connectivity index (χ4n) is 3.69. The molecule has 140 valence electrons. The third-order valence-corrected chi connectivity index (χ3v) is 5.06. The molecule has 1 aromatic carbocycles. The molecule has 0 unspecified atom stereocenters. The van der Waals surface area contributed by atoms with Gasteiger partial charge in [-0.3, -0.25) is 0 Å². The molecule has 26 heavy (non-hydrogen) atoms. The zero-order chi connectivity index (χ0) is 18.7. The number of rotatable bonds is 5. The fraction of sp³-hybridized carbons (Fsp3) is 0.500. The molecule has 0 aromatic heterocycles. The van der Waals surface area contributed by atoms with Crippen LogP contribution in [-0.4, -0.2) is 24.7 Å². The van der Waals surface area contributed by atoms with Crippen molar-refractivity contribution in [1.82, 2.24) is 10.6 Å². The van der Waals surface area contributed by atoms with E-state index in [0.29, 0.717) is 29.5 Å². The zero-order valence-electron chi connectivity index (χ0n) is 15.5. The fourth-order valence-corrected chi connectivity index (χ4v) is 3.69. The first kappa shape index (κ1) is 18.3. The van der Waals surface area contributed by atoms with Gasteiger partial charge in [-0.25, -0.2) is 9.59 Å².